The average Bonchev–Trinajstić information content (AvgIpc) is 3.21. The summed E-state index contributed by atoms with van der Waals surface area (Å²) in [6, 6.07) is 9.25. The number of nitrogens with zero attached hydrogens (tertiary/aromatic N) is 1. The third-order valence-electron chi connectivity index (χ3n) is 4.02. The van der Waals surface area contributed by atoms with Gasteiger partial charge in [0.1, 0.15) is 5.75 Å². The topological polar surface area (TPSA) is 133 Å². The Balaban J connectivity index is 1.61. The van der Waals surface area contributed by atoms with E-state index >= 15 is 0 Å². The third kappa shape index (κ3) is 4.78. The van der Waals surface area contributed by atoms with Gasteiger partial charge in [0, 0.05) is 16.6 Å². The van der Waals surface area contributed by atoms with Gasteiger partial charge < -0.3 is 25.1 Å². The minimum absolute atomic E-state index is 0.0206. The molecule has 2 aromatic carbocycles. The van der Waals surface area contributed by atoms with E-state index < -0.39 is 18.5 Å². The maximum absolute atomic E-state index is 12.1. The summed E-state index contributed by atoms with van der Waals surface area (Å²) in [5.74, 6) is -0.351. The number of esters is 1. The molecule has 0 saturated carbocycles. The van der Waals surface area contributed by atoms with Crippen LogP contribution in [0.2, 0.25) is 0 Å². The predicted molar refractivity (Wildman–Crippen MR) is 112 cm³/mol. The molecule has 1 heterocycles. The van der Waals surface area contributed by atoms with Gasteiger partial charge in [-0.3, -0.25) is 10.1 Å². The molecule has 0 unspecified atom stereocenters. The van der Waals surface area contributed by atoms with Crippen molar-refractivity contribution in [2.45, 2.75) is 0 Å². The summed E-state index contributed by atoms with van der Waals surface area (Å²) in [5, 5.41) is 14.1. The zero-order chi connectivity index (χ0) is 21.7. The molecule has 3 rings (SSSR count). The Morgan fingerprint density at radius 1 is 1.13 bits per heavy atom. The molecule has 1 amide bonds. The van der Waals surface area contributed by atoms with Crippen molar-refractivity contribution in [2.24, 2.45) is 0 Å². The quantitative estimate of drug-likeness (QED) is 0.297. The Morgan fingerprint density at radius 3 is 2.63 bits per heavy atom. The van der Waals surface area contributed by atoms with Crippen LogP contribution in [0.25, 0.3) is 11.3 Å². The predicted octanol–water partition coefficient (Wildman–Crippen LogP) is 2.91. The van der Waals surface area contributed by atoms with Crippen molar-refractivity contribution in [2.75, 3.05) is 31.9 Å². The second kappa shape index (κ2) is 9.14. The smallest absolute Gasteiger partial charge is 0.340 e. The first-order valence-corrected chi connectivity index (χ1v) is 9.52. The number of nitrogens with two attached hydrogens (primary N) is 1. The lowest BCUT2D eigenvalue weighted by atomic mass is 10.1. The lowest BCUT2D eigenvalue weighted by molar-refractivity contribution is -0.119. The van der Waals surface area contributed by atoms with Crippen LogP contribution in [0.4, 0.5) is 10.8 Å². The minimum Gasteiger partial charge on any atom is -0.508 e. The number of hydrogen-bond donors (Lipinski definition) is 3. The number of aromatic nitrogens is 1. The van der Waals surface area contributed by atoms with E-state index in [0.717, 1.165) is 5.56 Å². The first-order chi connectivity index (χ1) is 14.4. The van der Waals surface area contributed by atoms with Crippen molar-refractivity contribution in [3.8, 4) is 28.5 Å². The van der Waals surface area contributed by atoms with Crippen molar-refractivity contribution >= 4 is 34.0 Å². The van der Waals surface area contributed by atoms with E-state index in [1.54, 1.807) is 31.7 Å². The van der Waals surface area contributed by atoms with E-state index in [0.29, 0.717) is 22.3 Å². The zero-order valence-electron chi connectivity index (χ0n) is 16.2. The van der Waals surface area contributed by atoms with Crippen molar-refractivity contribution in [3.63, 3.8) is 0 Å². The number of ether oxygens (including phenoxy) is 3. The van der Waals surface area contributed by atoms with Crippen molar-refractivity contribution in [3.05, 3.63) is 47.3 Å². The Labute approximate surface area is 176 Å². The largest absolute Gasteiger partial charge is 0.508 e. The van der Waals surface area contributed by atoms with Gasteiger partial charge in [-0.05, 0) is 36.4 Å². The van der Waals surface area contributed by atoms with Gasteiger partial charge in [0.2, 0.25) is 0 Å². The average molecular weight is 429 g/mol. The number of nitrogens with one attached hydrogen (secondary N) is 1. The summed E-state index contributed by atoms with van der Waals surface area (Å²) in [6.07, 6.45) is 0. The molecule has 0 radical (unpaired) electrons. The Bertz CT molecular complexity index is 1080. The van der Waals surface area contributed by atoms with Crippen LogP contribution in [-0.2, 0) is 9.53 Å². The normalized spacial score (nSPS) is 10.3. The number of aromatic hydroxyl groups is 1. The second-order valence-electron chi connectivity index (χ2n) is 6.00. The number of carbonyl (C=O) groups excluding carboxylic acids is 2. The minimum atomic E-state index is -0.816. The molecule has 9 nitrogen and oxygen atoms in total. The number of benzene rings is 2. The summed E-state index contributed by atoms with van der Waals surface area (Å²) < 4.78 is 15.4. The van der Waals surface area contributed by atoms with Gasteiger partial charge in [0.05, 0.1) is 25.5 Å². The number of methoxy groups -OCH3 is 2. The highest BCUT2D eigenvalue weighted by atomic mass is 32.1. The van der Waals surface area contributed by atoms with Gasteiger partial charge in [0.15, 0.2) is 23.2 Å². The van der Waals surface area contributed by atoms with Crippen LogP contribution in [0.1, 0.15) is 10.4 Å². The third-order valence-corrected chi connectivity index (χ3v) is 4.78. The number of carbonyl (C=O) groups is 2. The van der Waals surface area contributed by atoms with Crippen molar-refractivity contribution in [1.82, 2.24) is 4.98 Å². The molecule has 0 aliphatic rings. The Morgan fingerprint density at radius 2 is 1.90 bits per heavy atom. The lowest BCUT2D eigenvalue weighted by Crippen LogP contribution is -2.21. The number of phenols is 1. The molecular formula is C20H19N3O6S. The van der Waals surface area contributed by atoms with E-state index in [2.05, 4.69) is 10.3 Å². The molecule has 0 fully saturated rings. The highest BCUT2D eigenvalue weighted by Crippen LogP contribution is 2.33. The molecule has 1 aromatic heterocycles. The van der Waals surface area contributed by atoms with Crippen LogP contribution >= 0.6 is 11.3 Å². The molecular weight excluding hydrogens is 410 g/mol. The number of phenolic OH excluding ortho intramolecular Hbond substituents is 1. The van der Waals surface area contributed by atoms with Crippen LogP contribution in [0.15, 0.2) is 41.8 Å². The molecule has 0 aliphatic carbocycles. The molecule has 0 spiro atoms. The summed E-state index contributed by atoms with van der Waals surface area (Å²) in [5.41, 5.74) is 7.22. The lowest BCUT2D eigenvalue weighted by Gasteiger charge is -2.08. The fourth-order valence-electron chi connectivity index (χ4n) is 2.54. The van der Waals surface area contributed by atoms with Gasteiger partial charge in [-0.25, -0.2) is 9.78 Å². The molecule has 3 aromatic rings. The highest BCUT2D eigenvalue weighted by Gasteiger charge is 2.15. The Kier molecular flexibility index (Phi) is 6.38. The van der Waals surface area contributed by atoms with E-state index in [9.17, 15) is 14.7 Å². The summed E-state index contributed by atoms with van der Waals surface area (Å²) >= 11 is 1.22. The molecule has 4 N–H and O–H groups in total. The molecule has 0 bridgehead atoms. The maximum Gasteiger partial charge on any atom is 0.340 e. The first-order valence-electron chi connectivity index (χ1n) is 8.64. The van der Waals surface area contributed by atoms with Crippen LogP contribution in [0.5, 0.6) is 17.2 Å². The van der Waals surface area contributed by atoms with E-state index in [1.807, 2.05) is 6.07 Å². The second-order valence-corrected chi connectivity index (χ2v) is 6.86. The van der Waals surface area contributed by atoms with Gasteiger partial charge in [-0.2, -0.15) is 0 Å². The molecule has 0 atom stereocenters. The number of amides is 1. The zero-order valence-corrected chi connectivity index (χ0v) is 17.0. The number of rotatable bonds is 7. The molecule has 0 aliphatic heterocycles. The van der Waals surface area contributed by atoms with E-state index in [-0.39, 0.29) is 17.0 Å². The molecule has 156 valence electrons. The first kappa shape index (κ1) is 20.9. The number of thiazole rings is 1. The van der Waals surface area contributed by atoms with Gasteiger partial charge in [0.25, 0.3) is 5.91 Å². The monoisotopic (exact) mass is 429 g/mol. The van der Waals surface area contributed by atoms with E-state index in [4.69, 9.17) is 19.9 Å². The summed E-state index contributed by atoms with van der Waals surface area (Å²) in [6.45, 7) is -0.529. The van der Waals surface area contributed by atoms with E-state index in [1.165, 1.54) is 29.5 Å². The van der Waals surface area contributed by atoms with Gasteiger partial charge in [-0.15, -0.1) is 11.3 Å². The van der Waals surface area contributed by atoms with Crippen LogP contribution in [-0.4, -0.2) is 42.8 Å². The molecule has 10 heteroatoms. The molecule has 0 saturated heterocycles. The SMILES string of the molecule is COc1ccc(-c2csc(NC(=O)COC(=O)c3cc(O)ccc3N)n2)cc1OC. The number of nitrogen functional groups attached to an aromatic ring is 1. The van der Waals surface area contributed by atoms with Crippen LogP contribution < -0.4 is 20.5 Å². The number of anilines is 2. The van der Waals surface area contributed by atoms with Crippen LogP contribution in [0.3, 0.4) is 0 Å². The standard InChI is InChI=1S/C20H19N3O6S/c1-27-16-6-3-11(7-17(16)28-2)15-10-30-20(22-15)23-18(25)9-29-19(26)13-8-12(24)4-5-14(13)21/h3-8,10,24H,9,21H2,1-2H3,(H,22,23,25). The fourth-order valence-corrected chi connectivity index (χ4v) is 3.28. The fraction of sp³-hybridized carbons (Fsp3) is 0.150. The number of hydrogen-bond acceptors (Lipinski definition) is 9. The van der Waals surface area contributed by atoms with Crippen molar-refractivity contribution in [1.29, 1.82) is 0 Å². The maximum atomic E-state index is 12.1. The van der Waals surface area contributed by atoms with Gasteiger partial charge in [-0.1, -0.05) is 0 Å². The summed E-state index contributed by atoms with van der Waals surface area (Å²) in [7, 11) is 3.09. The highest BCUT2D eigenvalue weighted by molar-refractivity contribution is 7.14. The summed E-state index contributed by atoms with van der Waals surface area (Å²) in [4.78, 5) is 28.5. The van der Waals surface area contributed by atoms with Crippen molar-refractivity contribution < 1.29 is 28.9 Å². The van der Waals surface area contributed by atoms with Gasteiger partial charge >= 0.3 is 5.97 Å². The Hall–Kier alpha value is -3.79. The molecule has 30 heavy (non-hydrogen) atoms. The van der Waals surface area contributed by atoms with Crippen LogP contribution in [0, 0.1) is 0 Å².